The molecule has 1 aliphatic heterocycles. The van der Waals surface area contributed by atoms with Gasteiger partial charge in [-0.2, -0.15) is 0 Å². The van der Waals surface area contributed by atoms with Crippen molar-refractivity contribution in [3.8, 4) is 0 Å². The number of likely N-dealkylation sites (tertiary alicyclic amines) is 1. The smallest absolute Gasteiger partial charge is 0.312 e. The number of ether oxygens (including phenoxy) is 1. The van der Waals surface area contributed by atoms with Gasteiger partial charge >= 0.3 is 5.97 Å². The van der Waals surface area contributed by atoms with E-state index in [-0.39, 0.29) is 11.9 Å². The van der Waals surface area contributed by atoms with Crippen LogP contribution in [0.1, 0.15) is 162 Å². The predicted molar refractivity (Wildman–Crippen MR) is 189 cm³/mol. The lowest BCUT2D eigenvalue weighted by Crippen LogP contribution is -2.53. The average molecular weight is 615 g/mol. The first kappa shape index (κ1) is 40.1. The number of nitrogens with one attached hydrogen (secondary N) is 1. The summed E-state index contributed by atoms with van der Waals surface area (Å²) in [7, 11) is 2.11. The molecular weight excluding hydrogens is 544 g/mol. The molecule has 1 atom stereocenters. The van der Waals surface area contributed by atoms with Crippen LogP contribution in [0.4, 0.5) is 0 Å². The zero-order valence-corrected chi connectivity index (χ0v) is 29.4. The number of hydrogen-bond acceptors (Lipinski definition) is 4. The van der Waals surface area contributed by atoms with Gasteiger partial charge in [0.2, 0.25) is 0 Å². The highest BCUT2D eigenvalue weighted by Crippen LogP contribution is 2.36. The van der Waals surface area contributed by atoms with Gasteiger partial charge < -0.3 is 15.0 Å². The minimum Gasteiger partial charge on any atom is -0.449 e. The topological polar surface area (TPSA) is 58.6 Å². The van der Waals surface area contributed by atoms with Crippen molar-refractivity contribution in [1.82, 2.24) is 10.2 Å². The number of allylic oxidation sites excluding steroid dienone is 5. The molecule has 1 rings (SSSR count). The van der Waals surface area contributed by atoms with Gasteiger partial charge in [-0.05, 0) is 111 Å². The van der Waals surface area contributed by atoms with Crippen molar-refractivity contribution < 1.29 is 14.3 Å². The molecule has 5 nitrogen and oxygen atoms in total. The molecular formula is C39H70N2O3. The highest BCUT2D eigenvalue weighted by molar-refractivity contribution is 5.89. The van der Waals surface area contributed by atoms with Crippen molar-refractivity contribution in [2.45, 2.75) is 168 Å². The third kappa shape index (κ3) is 17.6. The monoisotopic (exact) mass is 615 g/mol. The Morgan fingerprint density at radius 1 is 0.795 bits per heavy atom. The second kappa shape index (κ2) is 25.3. The van der Waals surface area contributed by atoms with E-state index in [1.54, 1.807) is 0 Å². The van der Waals surface area contributed by atoms with Gasteiger partial charge in [0.05, 0.1) is 5.41 Å². The lowest BCUT2D eigenvalue weighted by Gasteiger charge is -2.40. The zero-order chi connectivity index (χ0) is 32.4. The van der Waals surface area contributed by atoms with Gasteiger partial charge in [-0.3, -0.25) is 9.59 Å². The second-order valence-electron chi connectivity index (χ2n) is 13.6. The quantitative estimate of drug-likeness (QED) is 0.0568. The normalized spacial score (nSPS) is 16.7. The summed E-state index contributed by atoms with van der Waals surface area (Å²) in [6.45, 7) is 12.5. The fourth-order valence-electron chi connectivity index (χ4n) is 6.01. The predicted octanol–water partition coefficient (Wildman–Crippen LogP) is 10.3. The summed E-state index contributed by atoms with van der Waals surface area (Å²) in [5, 5.41) is 3.18. The van der Waals surface area contributed by atoms with Crippen LogP contribution >= 0.6 is 0 Å². The van der Waals surface area contributed by atoms with E-state index in [1.807, 2.05) is 13.0 Å². The maximum absolute atomic E-state index is 13.9. The Kier molecular flexibility index (Phi) is 23.1. The van der Waals surface area contributed by atoms with E-state index in [0.717, 1.165) is 90.1 Å². The van der Waals surface area contributed by atoms with Gasteiger partial charge in [0.15, 0.2) is 5.60 Å². The summed E-state index contributed by atoms with van der Waals surface area (Å²) >= 11 is 0. The molecule has 1 aliphatic rings. The number of esters is 1. The summed E-state index contributed by atoms with van der Waals surface area (Å²) < 4.78 is 6.49. The molecule has 0 saturated carbocycles. The van der Waals surface area contributed by atoms with Crippen molar-refractivity contribution in [2.24, 2.45) is 5.41 Å². The Hall–Kier alpha value is -1.88. The number of nitrogens with zero attached hydrogens (tertiary/aromatic N) is 1. The molecule has 1 amide bonds. The number of hydrogen-bond donors (Lipinski definition) is 1. The minimum absolute atomic E-state index is 0.0650. The molecule has 254 valence electrons. The maximum Gasteiger partial charge on any atom is 0.312 e. The molecule has 5 heteroatoms. The lowest BCUT2D eigenvalue weighted by atomic mass is 9.80. The molecule has 44 heavy (non-hydrogen) atoms. The van der Waals surface area contributed by atoms with Crippen LogP contribution in [0.25, 0.3) is 0 Å². The highest BCUT2D eigenvalue weighted by atomic mass is 16.6. The Bertz CT molecular complexity index is 812. The van der Waals surface area contributed by atoms with E-state index in [4.69, 9.17) is 4.74 Å². The van der Waals surface area contributed by atoms with Crippen molar-refractivity contribution in [1.29, 1.82) is 0 Å². The van der Waals surface area contributed by atoms with Gasteiger partial charge in [0.1, 0.15) is 0 Å². The molecule has 0 aromatic heterocycles. The van der Waals surface area contributed by atoms with Crippen LogP contribution in [0, 0.1) is 5.41 Å². The first-order chi connectivity index (χ1) is 21.3. The van der Waals surface area contributed by atoms with E-state index >= 15 is 0 Å². The fourth-order valence-corrected chi connectivity index (χ4v) is 6.01. The Morgan fingerprint density at radius 3 is 1.84 bits per heavy atom. The van der Waals surface area contributed by atoms with Crippen LogP contribution < -0.4 is 5.32 Å². The van der Waals surface area contributed by atoms with Crippen LogP contribution in [0.15, 0.2) is 37.0 Å². The molecule has 1 unspecified atom stereocenters. The van der Waals surface area contributed by atoms with E-state index in [1.165, 1.54) is 51.4 Å². The third-order valence-corrected chi connectivity index (χ3v) is 9.38. The molecule has 0 bridgehead atoms. The molecule has 1 fully saturated rings. The first-order valence-corrected chi connectivity index (χ1v) is 18.4. The minimum atomic E-state index is -1.06. The van der Waals surface area contributed by atoms with Gasteiger partial charge in [0, 0.05) is 6.54 Å². The molecule has 1 N–H and O–H groups in total. The summed E-state index contributed by atoms with van der Waals surface area (Å²) in [6.07, 6.45) is 33.8. The molecule has 1 saturated heterocycles. The van der Waals surface area contributed by atoms with E-state index in [0.29, 0.717) is 19.4 Å². The van der Waals surface area contributed by atoms with Gasteiger partial charge in [-0.1, -0.05) is 102 Å². The Labute approximate surface area is 272 Å². The highest BCUT2D eigenvalue weighted by Gasteiger charge is 2.46. The molecule has 0 aliphatic carbocycles. The molecule has 0 aromatic carbocycles. The zero-order valence-electron chi connectivity index (χ0n) is 29.4. The average Bonchev–Trinajstić information content (AvgIpc) is 3.02. The summed E-state index contributed by atoms with van der Waals surface area (Å²) in [6, 6.07) is 0. The van der Waals surface area contributed by atoms with Crippen molar-refractivity contribution in [2.75, 3.05) is 26.7 Å². The van der Waals surface area contributed by atoms with Crippen molar-refractivity contribution in [3.05, 3.63) is 37.0 Å². The van der Waals surface area contributed by atoms with E-state index < -0.39 is 11.0 Å². The standard InChI is InChI=1S/C39H70N2O3/c1-6-9-12-14-16-18-20-22-24-26-28-30-39(36(42)40-33-11-8-3,29-27-25-23-21-19-17-15-13-10-7-2)44-37(43)38(4)31-34-41(5)35-32-38/h6,10,12-14H,1,7-9,11,15-35H2,2-5H3,(H,40,42)/b13-10-,14-12-. The van der Waals surface area contributed by atoms with Crippen LogP contribution in [-0.2, 0) is 14.3 Å². The summed E-state index contributed by atoms with van der Waals surface area (Å²) in [5.74, 6) is -0.231. The number of rotatable bonds is 27. The molecule has 0 aromatic rings. The van der Waals surface area contributed by atoms with E-state index in [2.05, 4.69) is 62.0 Å². The van der Waals surface area contributed by atoms with Gasteiger partial charge in [-0.25, -0.2) is 0 Å². The number of carbonyl (C=O) groups excluding carboxylic acids is 2. The fraction of sp³-hybridized carbons (Fsp3) is 0.795. The number of amides is 1. The van der Waals surface area contributed by atoms with Gasteiger partial charge in [0.25, 0.3) is 5.91 Å². The van der Waals surface area contributed by atoms with Crippen LogP contribution in [0.3, 0.4) is 0 Å². The summed E-state index contributed by atoms with van der Waals surface area (Å²) in [5.41, 5.74) is -1.58. The summed E-state index contributed by atoms with van der Waals surface area (Å²) in [4.78, 5) is 30.0. The van der Waals surface area contributed by atoms with Crippen molar-refractivity contribution >= 4 is 11.9 Å². The Morgan fingerprint density at radius 2 is 1.32 bits per heavy atom. The van der Waals surface area contributed by atoms with Crippen molar-refractivity contribution in [3.63, 3.8) is 0 Å². The van der Waals surface area contributed by atoms with Crippen LogP contribution in [0.5, 0.6) is 0 Å². The number of carbonyl (C=O) groups is 2. The van der Waals surface area contributed by atoms with Crippen LogP contribution in [-0.4, -0.2) is 49.1 Å². The largest absolute Gasteiger partial charge is 0.449 e. The first-order valence-electron chi connectivity index (χ1n) is 18.4. The Balaban J connectivity index is 2.82. The number of piperidine rings is 1. The molecule has 0 radical (unpaired) electrons. The molecule has 0 spiro atoms. The second-order valence-corrected chi connectivity index (χ2v) is 13.6. The third-order valence-electron chi connectivity index (χ3n) is 9.38. The number of unbranched alkanes of at least 4 members (excludes halogenated alkanes) is 13. The SMILES string of the molecule is C=CC/C=C\CCCCCCCCC(CCCCCCCC/C=C\CC)(OC(=O)C1(C)CCN(C)CC1)C(=O)NCCCC. The molecule has 1 heterocycles. The van der Waals surface area contributed by atoms with Crippen LogP contribution in [0.2, 0.25) is 0 Å². The van der Waals surface area contributed by atoms with E-state index in [9.17, 15) is 9.59 Å². The maximum atomic E-state index is 13.9. The lowest BCUT2D eigenvalue weighted by molar-refractivity contribution is -0.182. The van der Waals surface area contributed by atoms with Gasteiger partial charge in [-0.15, -0.1) is 6.58 Å².